The van der Waals surface area contributed by atoms with Crippen molar-refractivity contribution in [2.75, 3.05) is 12.5 Å². The Morgan fingerprint density at radius 2 is 1.75 bits per heavy atom. The largest absolute Gasteiger partial charge is 1.00 e. The zero-order chi connectivity index (χ0) is 8.27. The number of halogens is 1. The van der Waals surface area contributed by atoms with Gasteiger partial charge in [-0.3, -0.25) is 0 Å². The highest BCUT2D eigenvalue weighted by molar-refractivity contribution is 7.95. The summed E-state index contributed by atoms with van der Waals surface area (Å²) in [5.74, 6) is 0. The summed E-state index contributed by atoms with van der Waals surface area (Å²) in [6.45, 7) is 2.21. The fourth-order valence-electron chi connectivity index (χ4n) is 1.19. The van der Waals surface area contributed by atoms with Gasteiger partial charge in [0.1, 0.15) is 12.5 Å². The van der Waals surface area contributed by atoms with Crippen LogP contribution in [-0.2, 0) is 17.3 Å². The number of aryl methyl sites for hydroxylation is 1. The van der Waals surface area contributed by atoms with Crippen LogP contribution >= 0.6 is 0 Å². The highest BCUT2D eigenvalue weighted by Crippen LogP contribution is 2.15. The van der Waals surface area contributed by atoms with Gasteiger partial charge in [-0.05, 0) is 12.5 Å². The summed E-state index contributed by atoms with van der Waals surface area (Å²) in [7, 11) is 0.410. The molecule has 0 fully saturated rings. The standard InChI is InChI=1S/C10H15S.ClH/c1-4-9-7-5-6-8-10(9)11(2)3;/h5-8H,4H2,1-3H3;1H/q+1;/p-1. The minimum atomic E-state index is 0. The second kappa shape index (κ2) is 5.50. The van der Waals surface area contributed by atoms with E-state index >= 15 is 0 Å². The third-order valence-corrected chi connectivity index (χ3v) is 3.07. The van der Waals surface area contributed by atoms with Gasteiger partial charge in [0.15, 0.2) is 4.90 Å². The molecule has 0 aliphatic heterocycles. The van der Waals surface area contributed by atoms with Crippen LogP contribution in [0.3, 0.4) is 0 Å². The first-order valence-corrected chi connectivity index (χ1v) is 5.95. The molecule has 0 aliphatic carbocycles. The van der Waals surface area contributed by atoms with E-state index < -0.39 is 0 Å². The Balaban J connectivity index is 0.00000121. The van der Waals surface area contributed by atoms with E-state index in [1.807, 2.05) is 0 Å². The second-order valence-corrected chi connectivity index (χ2v) is 4.85. The first-order valence-electron chi connectivity index (χ1n) is 3.91. The van der Waals surface area contributed by atoms with E-state index in [9.17, 15) is 0 Å². The van der Waals surface area contributed by atoms with Crippen molar-refractivity contribution in [2.45, 2.75) is 18.2 Å². The van der Waals surface area contributed by atoms with Crippen LogP contribution < -0.4 is 12.4 Å². The summed E-state index contributed by atoms with van der Waals surface area (Å²) < 4.78 is 0. The third kappa shape index (κ3) is 2.72. The van der Waals surface area contributed by atoms with Gasteiger partial charge >= 0.3 is 0 Å². The van der Waals surface area contributed by atoms with Crippen LogP contribution in [0.5, 0.6) is 0 Å². The van der Waals surface area contributed by atoms with Crippen LogP contribution in [0.2, 0.25) is 0 Å². The predicted molar refractivity (Wildman–Crippen MR) is 53.3 cm³/mol. The fraction of sp³-hybridized carbons (Fsp3) is 0.400. The molecule has 0 amide bonds. The molecule has 68 valence electrons. The average molecular weight is 203 g/mol. The lowest BCUT2D eigenvalue weighted by Crippen LogP contribution is -3.00. The van der Waals surface area contributed by atoms with Gasteiger partial charge in [-0.25, -0.2) is 0 Å². The first-order chi connectivity index (χ1) is 5.25. The van der Waals surface area contributed by atoms with Crippen molar-refractivity contribution in [2.24, 2.45) is 0 Å². The minimum Gasteiger partial charge on any atom is -1.00 e. The monoisotopic (exact) mass is 202 g/mol. The Hall–Kier alpha value is -0.140. The van der Waals surface area contributed by atoms with Gasteiger partial charge in [0.25, 0.3) is 0 Å². The zero-order valence-corrected chi connectivity index (χ0v) is 9.38. The van der Waals surface area contributed by atoms with Gasteiger partial charge in [0, 0.05) is 16.5 Å². The molecule has 0 atom stereocenters. The summed E-state index contributed by atoms with van der Waals surface area (Å²) in [5.41, 5.74) is 1.50. The summed E-state index contributed by atoms with van der Waals surface area (Å²) in [6.07, 6.45) is 5.70. The van der Waals surface area contributed by atoms with E-state index in [4.69, 9.17) is 0 Å². The van der Waals surface area contributed by atoms with Crippen LogP contribution in [0, 0.1) is 0 Å². The normalized spacial score (nSPS) is 9.67. The Morgan fingerprint density at radius 3 is 2.17 bits per heavy atom. The molecule has 1 aromatic rings. The van der Waals surface area contributed by atoms with E-state index in [1.54, 1.807) is 0 Å². The molecule has 0 aliphatic rings. The predicted octanol–water partition coefficient (Wildman–Crippen LogP) is -0.510. The van der Waals surface area contributed by atoms with Crippen LogP contribution in [0.1, 0.15) is 12.5 Å². The number of hydrogen-bond donors (Lipinski definition) is 0. The summed E-state index contributed by atoms with van der Waals surface area (Å²) >= 11 is 0. The van der Waals surface area contributed by atoms with E-state index in [0.717, 1.165) is 6.42 Å². The average Bonchev–Trinajstić information content (AvgIpc) is 2.04. The summed E-state index contributed by atoms with van der Waals surface area (Å²) in [6, 6.07) is 8.71. The number of hydrogen-bond acceptors (Lipinski definition) is 0. The summed E-state index contributed by atoms with van der Waals surface area (Å²) in [5, 5.41) is 0. The lowest BCUT2D eigenvalue weighted by atomic mass is 10.2. The third-order valence-electron chi connectivity index (χ3n) is 1.79. The Morgan fingerprint density at radius 1 is 1.17 bits per heavy atom. The van der Waals surface area contributed by atoms with Crippen molar-refractivity contribution in [3.63, 3.8) is 0 Å². The first kappa shape index (κ1) is 11.9. The lowest BCUT2D eigenvalue weighted by molar-refractivity contribution is -0.00000246. The zero-order valence-electron chi connectivity index (χ0n) is 7.80. The van der Waals surface area contributed by atoms with Crippen molar-refractivity contribution < 1.29 is 12.4 Å². The molecule has 0 unspecified atom stereocenters. The van der Waals surface area contributed by atoms with Crippen LogP contribution in [0.25, 0.3) is 0 Å². The topological polar surface area (TPSA) is 0 Å². The van der Waals surface area contributed by atoms with Crippen LogP contribution in [-0.4, -0.2) is 12.5 Å². The minimum absolute atomic E-state index is 0. The fourth-order valence-corrected chi connectivity index (χ4v) is 2.28. The Labute approximate surface area is 84.1 Å². The molecule has 0 bridgehead atoms. The van der Waals surface area contributed by atoms with E-state index in [0.29, 0.717) is 10.9 Å². The highest BCUT2D eigenvalue weighted by atomic mass is 35.5. The van der Waals surface area contributed by atoms with E-state index in [2.05, 4.69) is 43.7 Å². The van der Waals surface area contributed by atoms with Gasteiger partial charge in [-0.1, -0.05) is 25.1 Å². The van der Waals surface area contributed by atoms with Crippen LogP contribution in [0.15, 0.2) is 29.2 Å². The van der Waals surface area contributed by atoms with Gasteiger partial charge in [0.05, 0.1) is 0 Å². The number of benzene rings is 1. The van der Waals surface area contributed by atoms with Gasteiger partial charge in [-0.2, -0.15) is 0 Å². The Kier molecular flexibility index (Phi) is 5.43. The molecule has 0 saturated heterocycles. The molecular weight excluding hydrogens is 188 g/mol. The van der Waals surface area contributed by atoms with Crippen LogP contribution in [0.4, 0.5) is 0 Å². The lowest BCUT2D eigenvalue weighted by Gasteiger charge is -2.01. The molecule has 12 heavy (non-hydrogen) atoms. The van der Waals surface area contributed by atoms with Gasteiger partial charge < -0.3 is 12.4 Å². The SMILES string of the molecule is CCc1ccccc1[S+](C)C.[Cl-]. The molecule has 2 heteroatoms. The molecule has 0 radical (unpaired) electrons. The quantitative estimate of drug-likeness (QED) is 0.567. The van der Waals surface area contributed by atoms with Crippen molar-refractivity contribution in [1.82, 2.24) is 0 Å². The van der Waals surface area contributed by atoms with Gasteiger partial charge in [-0.15, -0.1) is 0 Å². The molecular formula is C10H15ClS. The maximum atomic E-state index is 2.27. The maximum absolute atomic E-state index is 2.27. The smallest absolute Gasteiger partial charge is 0.157 e. The van der Waals surface area contributed by atoms with Crippen molar-refractivity contribution in [3.8, 4) is 0 Å². The molecule has 0 spiro atoms. The van der Waals surface area contributed by atoms with Crippen molar-refractivity contribution >= 4 is 10.9 Å². The Bertz CT molecular complexity index is 233. The molecule has 0 nitrogen and oxygen atoms in total. The molecule has 0 heterocycles. The molecule has 1 rings (SSSR count). The van der Waals surface area contributed by atoms with Crippen molar-refractivity contribution in [3.05, 3.63) is 29.8 Å². The highest BCUT2D eigenvalue weighted by Gasteiger charge is 2.11. The van der Waals surface area contributed by atoms with Gasteiger partial charge in [0.2, 0.25) is 0 Å². The summed E-state index contributed by atoms with van der Waals surface area (Å²) in [4.78, 5) is 1.52. The molecule has 0 saturated carbocycles. The number of rotatable bonds is 2. The molecule has 0 aromatic heterocycles. The molecule has 1 aromatic carbocycles. The molecule has 0 N–H and O–H groups in total. The second-order valence-electron chi connectivity index (χ2n) is 2.78. The van der Waals surface area contributed by atoms with Crippen molar-refractivity contribution in [1.29, 1.82) is 0 Å². The van der Waals surface area contributed by atoms with E-state index in [-0.39, 0.29) is 12.4 Å². The maximum Gasteiger partial charge on any atom is 0.157 e. The van der Waals surface area contributed by atoms with E-state index in [1.165, 1.54) is 10.5 Å².